The molecule has 0 fully saturated rings. The van der Waals surface area contributed by atoms with Gasteiger partial charge in [-0.1, -0.05) is 26.0 Å². The molecule has 106 valence electrons. The first-order chi connectivity index (χ1) is 9.41. The smallest absolute Gasteiger partial charge is 0.354 e. The van der Waals surface area contributed by atoms with Crippen molar-refractivity contribution in [2.24, 2.45) is 7.05 Å². The Morgan fingerprint density at radius 2 is 2.05 bits per heavy atom. The molecule has 0 bridgehead atoms. The summed E-state index contributed by atoms with van der Waals surface area (Å²) < 4.78 is 6.96. The topological polar surface area (TPSA) is 96.2 Å². The number of nitrogens with two attached hydrogens (primary N) is 1. The second-order valence-electron chi connectivity index (χ2n) is 4.71. The number of nitrogen functional groups attached to an aromatic ring is 1. The van der Waals surface area contributed by atoms with E-state index in [2.05, 4.69) is 5.10 Å². The van der Waals surface area contributed by atoms with Crippen LogP contribution in [0, 0.1) is 10.1 Å². The van der Waals surface area contributed by atoms with Crippen LogP contribution in [0.25, 0.3) is 0 Å². The molecule has 0 saturated carbocycles. The van der Waals surface area contributed by atoms with Crippen LogP contribution in [0.5, 0.6) is 11.6 Å². The van der Waals surface area contributed by atoms with Gasteiger partial charge in [0.2, 0.25) is 0 Å². The number of ether oxygens (including phenoxy) is 1. The molecule has 0 aliphatic heterocycles. The zero-order valence-corrected chi connectivity index (χ0v) is 11.5. The molecule has 7 heteroatoms. The standard InChI is InChI=1S/C13H16N4O3/c1-8(2)11-12(17(18)19)13(16(3)15-11)20-10-7-5-4-6-9(10)14/h4-8H,14H2,1-3H3. The van der Waals surface area contributed by atoms with E-state index in [0.717, 1.165) is 0 Å². The Morgan fingerprint density at radius 1 is 1.40 bits per heavy atom. The molecule has 2 aromatic rings. The largest absolute Gasteiger partial charge is 0.432 e. The molecule has 0 amide bonds. The molecular formula is C13H16N4O3. The van der Waals surface area contributed by atoms with Crippen molar-refractivity contribution in [2.45, 2.75) is 19.8 Å². The molecule has 2 N–H and O–H groups in total. The molecule has 0 unspecified atom stereocenters. The van der Waals surface area contributed by atoms with Gasteiger partial charge in [-0.3, -0.25) is 10.1 Å². The summed E-state index contributed by atoms with van der Waals surface area (Å²) in [7, 11) is 1.60. The summed E-state index contributed by atoms with van der Waals surface area (Å²) in [4.78, 5) is 10.8. The number of aromatic nitrogens is 2. The summed E-state index contributed by atoms with van der Waals surface area (Å²) in [5, 5.41) is 15.4. The highest BCUT2D eigenvalue weighted by Gasteiger charge is 2.30. The van der Waals surface area contributed by atoms with Crippen LogP contribution >= 0.6 is 0 Å². The molecule has 0 aliphatic rings. The molecule has 2 rings (SSSR count). The molecular weight excluding hydrogens is 260 g/mol. The monoisotopic (exact) mass is 276 g/mol. The van der Waals surface area contributed by atoms with Crippen molar-refractivity contribution in [1.82, 2.24) is 9.78 Å². The Bertz CT molecular complexity index is 649. The van der Waals surface area contributed by atoms with Gasteiger partial charge in [0.05, 0.1) is 10.6 Å². The third-order valence-corrected chi connectivity index (χ3v) is 2.85. The van der Waals surface area contributed by atoms with Crippen LogP contribution in [-0.2, 0) is 7.05 Å². The van der Waals surface area contributed by atoms with Crippen LogP contribution in [0.3, 0.4) is 0 Å². The number of rotatable bonds is 4. The van der Waals surface area contributed by atoms with Crippen LogP contribution in [-0.4, -0.2) is 14.7 Å². The predicted molar refractivity (Wildman–Crippen MR) is 74.9 cm³/mol. The van der Waals surface area contributed by atoms with Crippen LogP contribution < -0.4 is 10.5 Å². The highest BCUT2D eigenvalue weighted by molar-refractivity contribution is 5.56. The lowest BCUT2D eigenvalue weighted by atomic mass is 10.1. The van der Waals surface area contributed by atoms with Crippen molar-refractivity contribution >= 4 is 11.4 Å². The van der Waals surface area contributed by atoms with E-state index < -0.39 is 4.92 Å². The minimum atomic E-state index is -0.475. The summed E-state index contributed by atoms with van der Waals surface area (Å²) in [6.07, 6.45) is 0. The summed E-state index contributed by atoms with van der Waals surface area (Å²) in [6.45, 7) is 3.69. The Kier molecular flexibility index (Phi) is 3.60. The van der Waals surface area contributed by atoms with Crippen molar-refractivity contribution < 1.29 is 9.66 Å². The van der Waals surface area contributed by atoms with Gasteiger partial charge in [-0.25, -0.2) is 4.68 Å². The van der Waals surface area contributed by atoms with Gasteiger partial charge in [0.15, 0.2) is 5.75 Å². The fourth-order valence-corrected chi connectivity index (χ4v) is 1.87. The van der Waals surface area contributed by atoms with Crippen molar-refractivity contribution in [3.05, 3.63) is 40.1 Å². The van der Waals surface area contributed by atoms with Gasteiger partial charge in [-0.15, -0.1) is 0 Å². The summed E-state index contributed by atoms with van der Waals surface area (Å²) in [5.41, 5.74) is 6.47. The fourth-order valence-electron chi connectivity index (χ4n) is 1.87. The normalized spacial score (nSPS) is 10.8. The van der Waals surface area contributed by atoms with Gasteiger partial charge in [0.25, 0.3) is 5.88 Å². The number of benzene rings is 1. The molecule has 7 nitrogen and oxygen atoms in total. The lowest BCUT2D eigenvalue weighted by Gasteiger charge is -2.07. The average molecular weight is 276 g/mol. The third-order valence-electron chi connectivity index (χ3n) is 2.85. The number of nitro groups is 1. The van der Waals surface area contributed by atoms with E-state index in [1.54, 1.807) is 31.3 Å². The van der Waals surface area contributed by atoms with Crippen molar-refractivity contribution in [1.29, 1.82) is 0 Å². The third kappa shape index (κ3) is 2.42. The van der Waals surface area contributed by atoms with Gasteiger partial charge in [0.1, 0.15) is 5.69 Å². The summed E-state index contributed by atoms with van der Waals surface area (Å²) in [5.74, 6) is 0.373. The number of hydrogen-bond acceptors (Lipinski definition) is 5. The van der Waals surface area contributed by atoms with Gasteiger partial charge in [-0.2, -0.15) is 5.10 Å². The van der Waals surface area contributed by atoms with E-state index in [1.807, 2.05) is 13.8 Å². The van der Waals surface area contributed by atoms with E-state index >= 15 is 0 Å². The van der Waals surface area contributed by atoms with Gasteiger partial charge < -0.3 is 10.5 Å². The van der Waals surface area contributed by atoms with E-state index in [4.69, 9.17) is 10.5 Å². The highest BCUT2D eigenvalue weighted by atomic mass is 16.6. The second kappa shape index (κ2) is 5.20. The zero-order chi connectivity index (χ0) is 14.9. The molecule has 0 atom stereocenters. The number of nitrogens with zero attached hydrogens (tertiary/aromatic N) is 3. The maximum Gasteiger partial charge on any atom is 0.354 e. The molecule has 1 heterocycles. The van der Waals surface area contributed by atoms with Gasteiger partial charge >= 0.3 is 5.69 Å². The molecule has 1 aromatic heterocycles. The van der Waals surface area contributed by atoms with Crippen LogP contribution in [0.15, 0.2) is 24.3 Å². The molecule has 1 aromatic carbocycles. The molecule has 0 saturated heterocycles. The van der Waals surface area contributed by atoms with E-state index in [0.29, 0.717) is 17.1 Å². The van der Waals surface area contributed by atoms with E-state index in [-0.39, 0.29) is 17.5 Å². The van der Waals surface area contributed by atoms with E-state index in [9.17, 15) is 10.1 Å². The Balaban J connectivity index is 2.52. The number of anilines is 1. The summed E-state index contributed by atoms with van der Waals surface area (Å²) >= 11 is 0. The maximum absolute atomic E-state index is 11.3. The molecule has 0 spiro atoms. The van der Waals surface area contributed by atoms with Crippen LogP contribution in [0.2, 0.25) is 0 Å². The maximum atomic E-state index is 11.3. The fraction of sp³-hybridized carbons (Fsp3) is 0.308. The number of hydrogen-bond donors (Lipinski definition) is 1. The average Bonchev–Trinajstić information content (AvgIpc) is 2.70. The Labute approximate surface area is 116 Å². The quantitative estimate of drug-likeness (QED) is 0.526. The van der Waals surface area contributed by atoms with Gasteiger partial charge in [-0.05, 0) is 12.1 Å². The predicted octanol–water partition coefficient (Wildman–Crippen LogP) is 2.83. The highest BCUT2D eigenvalue weighted by Crippen LogP contribution is 2.38. The van der Waals surface area contributed by atoms with E-state index in [1.165, 1.54) is 4.68 Å². The molecule has 0 radical (unpaired) electrons. The number of para-hydroxylation sites is 2. The lowest BCUT2D eigenvalue weighted by Crippen LogP contribution is -1.99. The first-order valence-electron chi connectivity index (χ1n) is 6.15. The zero-order valence-electron chi connectivity index (χ0n) is 11.5. The molecule has 0 aliphatic carbocycles. The Hall–Kier alpha value is -2.57. The van der Waals surface area contributed by atoms with Crippen molar-refractivity contribution in [2.75, 3.05) is 5.73 Å². The Morgan fingerprint density at radius 3 is 2.60 bits per heavy atom. The lowest BCUT2D eigenvalue weighted by molar-refractivity contribution is -0.386. The van der Waals surface area contributed by atoms with Crippen molar-refractivity contribution in [3.8, 4) is 11.6 Å². The molecule has 20 heavy (non-hydrogen) atoms. The van der Waals surface area contributed by atoms with Crippen LogP contribution in [0.4, 0.5) is 11.4 Å². The van der Waals surface area contributed by atoms with Crippen molar-refractivity contribution in [3.63, 3.8) is 0 Å². The first kappa shape index (κ1) is 13.9. The SMILES string of the molecule is CC(C)c1nn(C)c(Oc2ccccc2N)c1[N+](=O)[O-]. The van der Waals surface area contributed by atoms with Crippen LogP contribution in [0.1, 0.15) is 25.5 Å². The minimum Gasteiger partial charge on any atom is -0.432 e. The second-order valence-corrected chi connectivity index (χ2v) is 4.71. The minimum absolute atomic E-state index is 0.0768. The summed E-state index contributed by atoms with van der Waals surface area (Å²) in [6, 6.07) is 6.83. The number of aryl methyl sites for hydroxylation is 1. The van der Waals surface area contributed by atoms with Gasteiger partial charge in [0, 0.05) is 13.0 Å². The first-order valence-corrected chi connectivity index (χ1v) is 6.15.